The maximum absolute atomic E-state index is 5.72. The van der Waals surface area contributed by atoms with Crippen molar-refractivity contribution in [1.82, 2.24) is 9.88 Å². The number of hydrogen-bond acceptors (Lipinski definition) is 6. The third kappa shape index (κ3) is 3.73. The van der Waals surface area contributed by atoms with E-state index in [0.29, 0.717) is 13.2 Å². The number of nitrogens with zero attached hydrogens (tertiary/aromatic N) is 2. The van der Waals surface area contributed by atoms with E-state index in [4.69, 9.17) is 15.2 Å². The molecule has 0 unspecified atom stereocenters. The Bertz CT molecular complexity index is 364. The average molecular weight is 271 g/mol. The van der Waals surface area contributed by atoms with Crippen LogP contribution in [0.2, 0.25) is 0 Å². The standard InChI is InChI=1S/C12H21N3O2S/c1-16-9-10-11(8-13)18-12(14-10)2-3-15-4-6-17-7-5-15/h2-9,13H2,1H3. The highest BCUT2D eigenvalue weighted by Gasteiger charge is 2.13. The zero-order valence-electron chi connectivity index (χ0n) is 10.9. The first kappa shape index (κ1) is 13.9. The molecule has 6 heteroatoms. The summed E-state index contributed by atoms with van der Waals surface area (Å²) in [5.41, 5.74) is 6.72. The van der Waals surface area contributed by atoms with E-state index >= 15 is 0 Å². The number of aromatic nitrogens is 1. The number of ether oxygens (including phenoxy) is 2. The molecule has 1 aromatic rings. The van der Waals surface area contributed by atoms with Crippen LogP contribution in [0.15, 0.2) is 0 Å². The fourth-order valence-electron chi connectivity index (χ4n) is 2.03. The van der Waals surface area contributed by atoms with Crippen LogP contribution in [-0.4, -0.2) is 49.8 Å². The fourth-order valence-corrected chi connectivity index (χ4v) is 2.97. The Morgan fingerprint density at radius 3 is 2.89 bits per heavy atom. The first-order valence-corrected chi connectivity index (χ1v) is 7.11. The molecular weight excluding hydrogens is 250 g/mol. The van der Waals surface area contributed by atoms with Crippen LogP contribution in [0.4, 0.5) is 0 Å². The molecule has 0 saturated carbocycles. The van der Waals surface area contributed by atoms with Gasteiger partial charge in [0.05, 0.1) is 30.5 Å². The summed E-state index contributed by atoms with van der Waals surface area (Å²) in [6.07, 6.45) is 0.987. The van der Waals surface area contributed by atoms with Crippen LogP contribution in [0.25, 0.3) is 0 Å². The van der Waals surface area contributed by atoms with Crippen molar-refractivity contribution in [3.05, 3.63) is 15.6 Å². The minimum absolute atomic E-state index is 0.550. The van der Waals surface area contributed by atoms with Crippen molar-refractivity contribution in [1.29, 1.82) is 0 Å². The Balaban J connectivity index is 1.88. The van der Waals surface area contributed by atoms with E-state index in [1.165, 1.54) is 0 Å². The number of morpholine rings is 1. The fraction of sp³-hybridized carbons (Fsp3) is 0.750. The molecule has 1 fully saturated rings. The normalized spacial score (nSPS) is 17.2. The third-order valence-corrected chi connectivity index (χ3v) is 4.21. The number of methoxy groups -OCH3 is 1. The molecule has 0 atom stereocenters. The van der Waals surface area contributed by atoms with Crippen LogP contribution in [0.1, 0.15) is 15.6 Å². The Morgan fingerprint density at radius 1 is 1.44 bits per heavy atom. The second-order valence-electron chi connectivity index (χ2n) is 4.32. The molecule has 2 N–H and O–H groups in total. The minimum atomic E-state index is 0.550. The van der Waals surface area contributed by atoms with Crippen LogP contribution in [0.3, 0.4) is 0 Å². The van der Waals surface area contributed by atoms with Gasteiger partial charge >= 0.3 is 0 Å². The zero-order chi connectivity index (χ0) is 12.8. The van der Waals surface area contributed by atoms with E-state index in [9.17, 15) is 0 Å². The second-order valence-corrected chi connectivity index (χ2v) is 5.49. The molecule has 1 aliphatic heterocycles. The van der Waals surface area contributed by atoms with Crippen molar-refractivity contribution in [3.8, 4) is 0 Å². The maximum atomic E-state index is 5.72. The van der Waals surface area contributed by atoms with E-state index in [2.05, 4.69) is 9.88 Å². The van der Waals surface area contributed by atoms with Gasteiger partial charge in [0, 0.05) is 44.6 Å². The van der Waals surface area contributed by atoms with Gasteiger partial charge in [-0.3, -0.25) is 4.90 Å². The maximum Gasteiger partial charge on any atom is 0.0945 e. The van der Waals surface area contributed by atoms with Gasteiger partial charge in [0.1, 0.15) is 0 Å². The molecule has 0 aromatic carbocycles. The zero-order valence-corrected chi connectivity index (χ0v) is 11.7. The molecule has 0 aliphatic carbocycles. The topological polar surface area (TPSA) is 60.6 Å². The number of hydrogen-bond donors (Lipinski definition) is 1. The van der Waals surface area contributed by atoms with E-state index in [1.807, 2.05) is 0 Å². The van der Waals surface area contributed by atoms with E-state index in [0.717, 1.165) is 54.8 Å². The van der Waals surface area contributed by atoms with Crippen LogP contribution in [-0.2, 0) is 29.0 Å². The smallest absolute Gasteiger partial charge is 0.0945 e. The van der Waals surface area contributed by atoms with E-state index in [-0.39, 0.29) is 0 Å². The van der Waals surface area contributed by atoms with Crippen molar-refractivity contribution in [2.24, 2.45) is 5.73 Å². The molecule has 5 nitrogen and oxygen atoms in total. The lowest BCUT2D eigenvalue weighted by atomic mass is 10.3. The van der Waals surface area contributed by atoms with Crippen LogP contribution < -0.4 is 5.73 Å². The number of rotatable bonds is 6. The van der Waals surface area contributed by atoms with Gasteiger partial charge in [-0.25, -0.2) is 4.98 Å². The van der Waals surface area contributed by atoms with Crippen molar-refractivity contribution >= 4 is 11.3 Å². The first-order valence-electron chi connectivity index (χ1n) is 6.30. The van der Waals surface area contributed by atoms with Crippen LogP contribution >= 0.6 is 11.3 Å². The Labute approximate surface area is 112 Å². The molecule has 1 saturated heterocycles. The van der Waals surface area contributed by atoms with Gasteiger partial charge in [0.25, 0.3) is 0 Å². The Hall–Kier alpha value is -0.530. The second kappa shape index (κ2) is 7.16. The summed E-state index contributed by atoms with van der Waals surface area (Å²) in [6, 6.07) is 0. The predicted octanol–water partition coefficient (Wildman–Crippen LogP) is 0.623. The van der Waals surface area contributed by atoms with Gasteiger partial charge in [-0.05, 0) is 0 Å². The summed E-state index contributed by atoms with van der Waals surface area (Å²) in [5, 5.41) is 1.16. The predicted molar refractivity (Wildman–Crippen MR) is 71.7 cm³/mol. The van der Waals surface area contributed by atoms with Crippen LogP contribution in [0, 0.1) is 0 Å². The van der Waals surface area contributed by atoms with Gasteiger partial charge in [0.2, 0.25) is 0 Å². The average Bonchev–Trinajstić information content (AvgIpc) is 2.80. The van der Waals surface area contributed by atoms with Crippen molar-refractivity contribution in [2.75, 3.05) is 40.0 Å². The molecule has 1 aromatic heterocycles. The lowest BCUT2D eigenvalue weighted by Crippen LogP contribution is -2.37. The van der Waals surface area contributed by atoms with Crippen molar-refractivity contribution < 1.29 is 9.47 Å². The first-order chi connectivity index (χ1) is 8.83. The Kier molecular flexibility index (Phi) is 5.52. The molecule has 2 rings (SSSR count). The minimum Gasteiger partial charge on any atom is -0.379 e. The lowest BCUT2D eigenvalue weighted by Gasteiger charge is -2.25. The number of nitrogens with two attached hydrogens (primary N) is 1. The van der Waals surface area contributed by atoms with Crippen molar-refractivity contribution in [2.45, 2.75) is 19.6 Å². The van der Waals surface area contributed by atoms with Gasteiger partial charge in [-0.15, -0.1) is 11.3 Å². The highest BCUT2D eigenvalue weighted by Crippen LogP contribution is 2.19. The van der Waals surface area contributed by atoms with Gasteiger partial charge in [0.15, 0.2) is 0 Å². The molecule has 1 aliphatic rings. The summed E-state index contributed by atoms with van der Waals surface area (Å²) in [5.74, 6) is 0. The molecule has 0 radical (unpaired) electrons. The lowest BCUT2D eigenvalue weighted by molar-refractivity contribution is 0.0384. The van der Waals surface area contributed by atoms with Gasteiger partial charge in [-0.2, -0.15) is 0 Å². The molecular formula is C12H21N3O2S. The van der Waals surface area contributed by atoms with Crippen molar-refractivity contribution in [3.63, 3.8) is 0 Å². The van der Waals surface area contributed by atoms with E-state index in [1.54, 1.807) is 18.4 Å². The van der Waals surface area contributed by atoms with E-state index < -0.39 is 0 Å². The highest BCUT2D eigenvalue weighted by atomic mass is 32.1. The molecule has 18 heavy (non-hydrogen) atoms. The van der Waals surface area contributed by atoms with Gasteiger partial charge in [-0.1, -0.05) is 0 Å². The highest BCUT2D eigenvalue weighted by molar-refractivity contribution is 7.11. The summed E-state index contributed by atoms with van der Waals surface area (Å²) in [7, 11) is 1.69. The summed E-state index contributed by atoms with van der Waals surface area (Å²) in [4.78, 5) is 8.18. The molecule has 102 valence electrons. The monoisotopic (exact) mass is 271 g/mol. The van der Waals surface area contributed by atoms with Crippen LogP contribution in [0.5, 0.6) is 0 Å². The summed E-state index contributed by atoms with van der Waals surface area (Å²) in [6.45, 7) is 5.91. The quantitative estimate of drug-likeness (QED) is 0.822. The summed E-state index contributed by atoms with van der Waals surface area (Å²) < 4.78 is 10.5. The molecule has 0 bridgehead atoms. The Morgan fingerprint density at radius 2 is 2.22 bits per heavy atom. The third-order valence-electron chi connectivity index (χ3n) is 3.03. The summed E-state index contributed by atoms with van der Waals surface area (Å²) >= 11 is 1.71. The SMILES string of the molecule is COCc1nc(CCN2CCOCC2)sc1CN. The molecule has 2 heterocycles. The largest absolute Gasteiger partial charge is 0.379 e. The molecule has 0 spiro atoms. The number of thiazole rings is 1. The molecule has 0 amide bonds. The van der Waals surface area contributed by atoms with Gasteiger partial charge < -0.3 is 15.2 Å².